The molecule has 0 aromatic rings. The predicted octanol–water partition coefficient (Wildman–Crippen LogP) is -1.53. The van der Waals surface area contributed by atoms with Crippen LogP contribution in [0.1, 0.15) is 6.92 Å². The van der Waals surface area contributed by atoms with Gasteiger partial charge in [-0.15, -0.1) is 12.8 Å². The van der Waals surface area contributed by atoms with E-state index >= 15 is 0 Å². The molecule has 0 saturated heterocycles. The number of nitrogens with one attached hydrogen (secondary N) is 1. The summed E-state index contributed by atoms with van der Waals surface area (Å²) in [6.07, 6.45) is 9.53. The van der Waals surface area contributed by atoms with Crippen LogP contribution in [0.3, 0.4) is 0 Å². The average molecular weight is 297 g/mol. The van der Waals surface area contributed by atoms with Crippen LogP contribution in [-0.2, 0) is 19.1 Å². The van der Waals surface area contributed by atoms with E-state index in [1.807, 2.05) is 0 Å². The van der Waals surface area contributed by atoms with E-state index < -0.39 is 11.9 Å². The maximum atomic E-state index is 10.5. The van der Waals surface area contributed by atoms with Crippen LogP contribution < -0.4 is 16.8 Å². The summed E-state index contributed by atoms with van der Waals surface area (Å²) >= 11 is 0. The average Bonchev–Trinajstić information content (AvgIpc) is 2.51. The number of rotatable bonds is 8. The Kier molecular flexibility index (Phi) is 16.2. The lowest BCUT2D eigenvalue weighted by molar-refractivity contribution is -0.141. The third-order valence-electron chi connectivity index (χ3n) is 1.88. The van der Waals surface area contributed by atoms with Gasteiger partial charge >= 0.3 is 11.9 Å². The van der Waals surface area contributed by atoms with Gasteiger partial charge in [0.15, 0.2) is 0 Å². The van der Waals surface area contributed by atoms with E-state index in [2.05, 4.69) is 14.8 Å². The molecule has 0 rings (SSSR count). The molecule has 0 spiro atoms. The van der Waals surface area contributed by atoms with Gasteiger partial charge in [-0.1, -0.05) is 6.92 Å². The zero-order chi connectivity index (χ0) is 16.5. The molecule has 0 atom stereocenters. The number of esters is 2. The molecule has 7 heteroatoms. The van der Waals surface area contributed by atoms with E-state index in [1.165, 1.54) is 0 Å². The topological polar surface area (TPSA) is 117 Å². The van der Waals surface area contributed by atoms with Gasteiger partial charge in [0, 0.05) is 43.9 Å². The van der Waals surface area contributed by atoms with Crippen LogP contribution in [0.2, 0.25) is 0 Å². The molecular weight excluding hydrogens is 274 g/mol. The highest BCUT2D eigenvalue weighted by atomic mass is 16.5. The van der Waals surface area contributed by atoms with Gasteiger partial charge in [-0.2, -0.15) is 0 Å². The van der Waals surface area contributed by atoms with Crippen molar-refractivity contribution in [3.63, 3.8) is 0 Å². The number of nitrogens with two attached hydrogens (primary N) is 2. The minimum atomic E-state index is -0.736. The third-order valence-corrected chi connectivity index (χ3v) is 1.88. The fourth-order valence-electron chi connectivity index (χ4n) is 0.896. The fraction of sp³-hybridized carbons (Fsp3) is 0.571. The van der Waals surface area contributed by atoms with Crippen molar-refractivity contribution in [1.29, 1.82) is 0 Å². The molecule has 0 fully saturated rings. The minimum Gasteiger partial charge on any atom is -0.456 e. The highest BCUT2D eigenvalue weighted by Gasteiger charge is 2.07. The van der Waals surface area contributed by atoms with Crippen LogP contribution in [0, 0.1) is 30.6 Å². The highest BCUT2D eigenvalue weighted by Crippen LogP contribution is 1.97. The molecular formula is C14H23N3O4. The minimum absolute atomic E-state index is 0.0981. The molecule has 0 aliphatic carbocycles. The fourth-order valence-corrected chi connectivity index (χ4v) is 0.896. The highest BCUT2D eigenvalue weighted by molar-refractivity contribution is 5.88. The number of ether oxygens (including phenoxy) is 2. The SMILES string of the molecule is C#CC(=O)OCC(C)COC(=O)C#C.NCCNCCN. The molecule has 0 saturated carbocycles. The van der Waals surface area contributed by atoms with Crippen LogP contribution in [0.5, 0.6) is 0 Å². The molecule has 0 aliphatic rings. The van der Waals surface area contributed by atoms with Gasteiger partial charge in [0.25, 0.3) is 0 Å². The van der Waals surface area contributed by atoms with Gasteiger partial charge in [-0.25, -0.2) is 9.59 Å². The number of carbonyl (C=O) groups is 2. The van der Waals surface area contributed by atoms with Crippen molar-refractivity contribution in [3.8, 4) is 24.7 Å². The predicted molar refractivity (Wildman–Crippen MR) is 79.7 cm³/mol. The third kappa shape index (κ3) is 17.9. The molecule has 0 heterocycles. The Morgan fingerprint density at radius 3 is 1.71 bits per heavy atom. The molecule has 5 N–H and O–H groups in total. The molecule has 0 aliphatic heterocycles. The molecule has 7 nitrogen and oxygen atoms in total. The maximum absolute atomic E-state index is 10.5. The van der Waals surface area contributed by atoms with E-state index in [1.54, 1.807) is 18.8 Å². The molecule has 0 radical (unpaired) electrons. The summed E-state index contributed by atoms with van der Waals surface area (Å²) in [5, 5.41) is 3.03. The van der Waals surface area contributed by atoms with E-state index in [0.717, 1.165) is 13.1 Å². The van der Waals surface area contributed by atoms with E-state index in [9.17, 15) is 9.59 Å². The van der Waals surface area contributed by atoms with Crippen molar-refractivity contribution in [2.24, 2.45) is 17.4 Å². The van der Waals surface area contributed by atoms with Gasteiger partial charge in [-0.05, 0) is 0 Å². The van der Waals surface area contributed by atoms with Crippen molar-refractivity contribution >= 4 is 11.9 Å². The van der Waals surface area contributed by atoms with Crippen molar-refractivity contribution in [3.05, 3.63) is 0 Å². The summed E-state index contributed by atoms with van der Waals surface area (Å²) < 4.78 is 9.20. The van der Waals surface area contributed by atoms with Crippen LogP contribution in [0.15, 0.2) is 0 Å². The lowest BCUT2D eigenvalue weighted by atomic mass is 10.2. The van der Waals surface area contributed by atoms with Gasteiger partial charge in [0.2, 0.25) is 0 Å². The zero-order valence-corrected chi connectivity index (χ0v) is 12.3. The second-order valence-corrected chi connectivity index (χ2v) is 3.92. The second kappa shape index (κ2) is 16.0. The van der Waals surface area contributed by atoms with Crippen molar-refractivity contribution in [2.45, 2.75) is 6.92 Å². The molecule has 21 heavy (non-hydrogen) atoms. The second-order valence-electron chi connectivity index (χ2n) is 3.92. The monoisotopic (exact) mass is 297 g/mol. The zero-order valence-electron chi connectivity index (χ0n) is 12.3. The van der Waals surface area contributed by atoms with Gasteiger partial charge in [0.1, 0.15) is 0 Å². The Hall–Kier alpha value is -2.06. The largest absolute Gasteiger partial charge is 0.456 e. The molecule has 0 aromatic carbocycles. The van der Waals surface area contributed by atoms with E-state index in [-0.39, 0.29) is 19.1 Å². The number of terminal acetylenes is 2. The van der Waals surface area contributed by atoms with E-state index in [0.29, 0.717) is 13.1 Å². The summed E-state index contributed by atoms with van der Waals surface area (Å²) in [5.41, 5.74) is 10.3. The first-order valence-corrected chi connectivity index (χ1v) is 6.39. The lowest BCUT2D eigenvalue weighted by Crippen LogP contribution is -2.27. The van der Waals surface area contributed by atoms with Crippen molar-refractivity contribution < 1.29 is 19.1 Å². The summed E-state index contributed by atoms with van der Waals surface area (Å²) in [5.74, 6) is 1.98. The van der Waals surface area contributed by atoms with Crippen LogP contribution in [-0.4, -0.2) is 51.3 Å². The lowest BCUT2D eigenvalue weighted by Gasteiger charge is -2.09. The summed E-state index contributed by atoms with van der Waals surface area (Å²) in [6.45, 7) is 5.06. The van der Waals surface area contributed by atoms with Gasteiger partial charge in [0.05, 0.1) is 13.2 Å². The Balaban J connectivity index is 0. The first kappa shape index (κ1) is 21.2. The van der Waals surface area contributed by atoms with Gasteiger partial charge in [-0.3, -0.25) is 0 Å². The van der Waals surface area contributed by atoms with E-state index in [4.69, 9.17) is 24.3 Å². The van der Waals surface area contributed by atoms with Crippen molar-refractivity contribution in [2.75, 3.05) is 39.4 Å². The normalized spacial score (nSPS) is 8.86. The van der Waals surface area contributed by atoms with Crippen molar-refractivity contribution in [1.82, 2.24) is 5.32 Å². The van der Waals surface area contributed by atoms with Crippen LogP contribution in [0.4, 0.5) is 0 Å². The summed E-state index contributed by atoms with van der Waals surface area (Å²) in [6, 6.07) is 0. The molecule has 0 amide bonds. The first-order chi connectivity index (χ1) is 10.0. The Morgan fingerprint density at radius 1 is 1.05 bits per heavy atom. The maximum Gasteiger partial charge on any atom is 0.384 e. The Bertz CT molecular complexity index is 337. The smallest absolute Gasteiger partial charge is 0.384 e. The molecule has 0 bridgehead atoms. The first-order valence-electron chi connectivity index (χ1n) is 6.39. The quantitative estimate of drug-likeness (QED) is 0.215. The molecule has 0 aromatic heterocycles. The number of hydrogen-bond acceptors (Lipinski definition) is 7. The molecule has 0 unspecified atom stereocenters. The summed E-state index contributed by atoms with van der Waals surface area (Å²) in [7, 11) is 0. The van der Waals surface area contributed by atoms with Gasteiger partial charge < -0.3 is 26.3 Å². The summed E-state index contributed by atoms with van der Waals surface area (Å²) in [4.78, 5) is 21.0. The molecule has 118 valence electrons. The Morgan fingerprint density at radius 2 is 1.43 bits per heavy atom. The van der Waals surface area contributed by atoms with Crippen LogP contribution >= 0.6 is 0 Å². The number of hydrogen-bond donors (Lipinski definition) is 3. The number of carbonyl (C=O) groups excluding carboxylic acids is 2. The van der Waals surface area contributed by atoms with Crippen LogP contribution in [0.25, 0.3) is 0 Å². The Labute approximate surface area is 125 Å². The standard InChI is InChI=1S/C10H10O4.C4H13N3/c1-4-9(11)13-6-8(3)7-14-10(12)5-2;5-1-3-7-4-2-6/h1-2,8H,6-7H2,3H3;7H,1-6H2.